The number of para-hydroxylation sites is 2. The van der Waals surface area contributed by atoms with Crippen LogP contribution in [-0.4, -0.2) is 54.0 Å². The summed E-state index contributed by atoms with van der Waals surface area (Å²) in [6.07, 6.45) is 0. The predicted molar refractivity (Wildman–Crippen MR) is 168 cm³/mol. The first kappa shape index (κ1) is 26.5. The Balaban J connectivity index is 1.37. The van der Waals surface area contributed by atoms with Gasteiger partial charge in [-0.15, -0.1) is 0 Å². The number of likely N-dealkylation sites (N-methyl/N-ethyl adjacent to an activating group) is 1. The van der Waals surface area contributed by atoms with Crippen molar-refractivity contribution in [3.63, 3.8) is 0 Å². The quantitative estimate of drug-likeness (QED) is 0.250. The van der Waals surface area contributed by atoms with Gasteiger partial charge in [-0.25, -0.2) is 9.97 Å². The second-order valence-corrected chi connectivity index (χ2v) is 10.6. The number of benzene rings is 4. The van der Waals surface area contributed by atoms with Gasteiger partial charge in [-0.1, -0.05) is 66.7 Å². The number of fused-ring (bicyclic) bond motifs is 1. The zero-order valence-corrected chi connectivity index (χ0v) is 23.7. The van der Waals surface area contributed by atoms with E-state index in [0.717, 1.165) is 76.5 Å². The Hall–Kier alpha value is -4.75. The Morgan fingerprint density at radius 3 is 2.24 bits per heavy atom. The number of nitrogens with zero attached hydrogens (tertiary/aromatic N) is 4. The first-order valence-corrected chi connectivity index (χ1v) is 14.0. The first-order valence-electron chi connectivity index (χ1n) is 14.0. The summed E-state index contributed by atoms with van der Waals surface area (Å²) in [6.45, 7) is 7.59. The van der Waals surface area contributed by atoms with E-state index in [1.54, 1.807) is 0 Å². The van der Waals surface area contributed by atoms with Crippen LogP contribution in [0.2, 0.25) is 0 Å². The van der Waals surface area contributed by atoms with Crippen molar-refractivity contribution >= 4 is 39.8 Å². The molecule has 2 N–H and O–H groups in total. The molecular weight excluding hydrogens is 508 g/mol. The fraction of sp³-hybridized carbons (Fsp3) is 0.206. The molecule has 1 aliphatic heterocycles. The molecule has 206 valence electrons. The largest absolute Gasteiger partial charge is 0.368 e. The number of anilines is 4. The Bertz CT molecular complexity index is 1690. The van der Waals surface area contributed by atoms with E-state index in [9.17, 15) is 4.79 Å². The van der Waals surface area contributed by atoms with Crippen LogP contribution in [0.15, 0.2) is 91.0 Å². The lowest BCUT2D eigenvalue weighted by atomic mass is 10.1. The molecule has 6 rings (SSSR count). The van der Waals surface area contributed by atoms with Crippen LogP contribution in [0, 0.1) is 13.8 Å². The number of piperazine rings is 1. The topological polar surface area (TPSA) is 73.4 Å². The van der Waals surface area contributed by atoms with E-state index in [-0.39, 0.29) is 5.91 Å². The van der Waals surface area contributed by atoms with Crippen molar-refractivity contribution < 1.29 is 4.79 Å². The Kier molecular flexibility index (Phi) is 7.35. The van der Waals surface area contributed by atoms with Crippen LogP contribution in [-0.2, 0) is 0 Å². The van der Waals surface area contributed by atoms with Gasteiger partial charge in [-0.2, -0.15) is 0 Å². The fourth-order valence-electron chi connectivity index (χ4n) is 5.38. The van der Waals surface area contributed by atoms with Gasteiger partial charge in [0.25, 0.3) is 5.91 Å². The minimum atomic E-state index is -0.115. The summed E-state index contributed by atoms with van der Waals surface area (Å²) >= 11 is 0. The summed E-state index contributed by atoms with van der Waals surface area (Å²) in [5.41, 5.74) is 8.10. The predicted octanol–water partition coefficient (Wildman–Crippen LogP) is 6.66. The Morgan fingerprint density at radius 2 is 1.49 bits per heavy atom. The smallest absolute Gasteiger partial charge is 0.257 e. The molecule has 0 saturated carbocycles. The van der Waals surface area contributed by atoms with Crippen LogP contribution >= 0.6 is 0 Å². The molecule has 0 spiro atoms. The van der Waals surface area contributed by atoms with Crippen molar-refractivity contribution in [2.24, 2.45) is 0 Å². The lowest BCUT2D eigenvalue weighted by Crippen LogP contribution is -2.45. The summed E-state index contributed by atoms with van der Waals surface area (Å²) < 4.78 is 0. The molecular formula is C34H34N6O. The second-order valence-electron chi connectivity index (χ2n) is 10.6. The standard InChI is InChI=1S/C34H34N6O/c1-23-10-9-11-24(2)31(23)37-33(41)28-17-16-26(22-30(28)40-20-18-39(3)19-21-40)35-34-36-29-15-8-7-14-27(29)32(38-34)25-12-5-4-6-13-25/h4-17,22H,18-21H2,1-3H3,(H,37,41)(H,35,36,38). The number of carbonyl (C=O) groups is 1. The number of aryl methyl sites for hydroxylation is 2. The monoisotopic (exact) mass is 542 g/mol. The highest BCUT2D eigenvalue weighted by Crippen LogP contribution is 2.31. The molecule has 1 fully saturated rings. The van der Waals surface area contributed by atoms with Crippen molar-refractivity contribution in [2.75, 3.05) is 48.8 Å². The summed E-state index contributed by atoms with van der Waals surface area (Å²) in [5, 5.41) is 7.62. The highest BCUT2D eigenvalue weighted by atomic mass is 16.1. The molecule has 0 bridgehead atoms. The van der Waals surface area contributed by atoms with Crippen molar-refractivity contribution in [1.29, 1.82) is 0 Å². The number of rotatable bonds is 6. The second kappa shape index (κ2) is 11.4. The molecule has 0 aliphatic carbocycles. The molecule has 5 aromatic rings. The van der Waals surface area contributed by atoms with Crippen molar-refractivity contribution in [3.05, 3.63) is 108 Å². The van der Waals surface area contributed by atoms with Crippen molar-refractivity contribution in [1.82, 2.24) is 14.9 Å². The number of carbonyl (C=O) groups excluding carboxylic acids is 1. The maximum atomic E-state index is 13.7. The molecule has 2 heterocycles. The van der Waals surface area contributed by atoms with E-state index in [1.165, 1.54) is 0 Å². The highest BCUT2D eigenvalue weighted by molar-refractivity contribution is 6.09. The molecule has 1 saturated heterocycles. The van der Waals surface area contributed by atoms with Crippen molar-refractivity contribution in [2.45, 2.75) is 13.8 Å². The van der Waals surface area contributed by atoms with Gasteiger partial charge >= 0.3 is 0 Å². The minimum Gasteiger partial charge on any atom is -0.368 e. The summed E-state index contributed by atoms with van der Waals surface area (Å²) in [7, 11) is 2.13. The normalized spacial score (nSPS) is 13.8. The highest BCUT2D eigenvalue weighted by Gasteiger charge is 2.22. The van der Waals surface area contributed by atoms with E-state index in [2.05, 4.69) is 45.7 Å². The molecule has 1 aromatic heterocycles. The van der Waals surface area contributed by atoms with Gasteiger partial charge in [0.1, 0.15) is 0 Å². The molecule has 41 heavy (non-hydrogen) atoms. The molecule has 0 radical (unpaired) electrons. The lowest BCUT2D eigenvalue weighted by molar-refractivity contribution is 0.102. The summed E-state index contributed by atoms with van der Waals surface area (Å²) in [5.74, 6) is 0.399. The van der Waals surface area contributed by atoms with E-state index >= 15 is 0 Å². The Labute approximate surface area is 240 Å². The van der Waals surface area contributed by atoms with Crippen LogP contribution in [0.4, 0.5) is 23.0 Å². The lowest BCUT2D eigenvalue weighted by Gasteiger charge is -2.35. The number of aromatic nitrogens is 2. The summed E-state index contributed by atoms with van der Waals surface area (Å²) in [6, 6.07) is 30.1. The molecule has 0 atom stereocenters. The number of nitrogens with one attached hydrogen (secondary N) is 2. The van der Waals surface area contributed by atoms with E-state index in [0.29, 0.717) is 11.5 Å². The van der Waals surface area contributed by atoms with E-state index in [1.807, 2.05) is 86.6 Å². The minimum absolute atomic E-state index is 0.115. The fourth-order valence-corrected chi connectivity index (χ4v) is 5.38. The van der Waals surface area contributed by atoms with Crippen LogP contribution < -0.4 is 15.5 Å². The third-order valence-electron chi connectivity index (χ3n) is 7.71. The molecule has 1 aliphatic rings. The van der Waals surface area contributed by atoms with Gasteiger partial charge in [0, 0.05) is 48.5 Å². The third-order valence-corrected chi connectivity index (χ3v) is 7.71. The van der Waals surface area contributed by atoms with Gasteiger partial charge in [-0.05, 0) is 56.3 Å². The van der Waals surface area contributed by atoms with E-state index in [4.69, 9.17) is 9.97 Å². The van der Waals surface area contributed by atoms with Gasteiger partial charge in [-0.3, -0.25) is 4.79 Å². The van der Waals surface area contributed by atoms with Gasteiger partial charge in [0.2, 0.25) is 5.95 Å². The zero-order valence-electron chi connectivity index (χ0n) is 23.7. The zero-order chi connectivity index (χ0) is 28.3. The number of hydrogen-bond donors (Lipinski definition) is 2. The SMILES string of the molecule is Cc1cccc(C)c1NC(=O)c1ccc(Nc2nc(-c3ccccc3)c3ccccc3n2)cc1N1CCN(C)CC1. The van der Waals surface area contributed by atoms with Crippen LogP contribution in [0.25, 0.3) is 22.2 Å². The van der Waals surface area contributed by atoms with Gasteiger partial charge in [0.15, 0.2) is 0 Å². The van der Waals surface area contributed by atoms with E-state index < -0.39 is 0 Å². The molecule has 1 amide bonds. The number of hydrogen-bond acceptors (Lipinski definition) is 6. The van der Waals surface area contributed by atoms with Crippen LogP contribution in [0.3, 0.4) is 0 Å². The first-order chi connectivity index (χ1) is 20.0. The average Bonchev–Trinajstić information content (AvgIpc) is 2.99. The maximum Gasteiger partial charge on any atom is 0.257 e. The van der Waals surface area contributed by atoms with Crippen molar-refractivity contribution in [3.8, 4) is 11.3 Å². The Morgan fingerprint density at radius 1 is 0.780 bits per heavy atom. The molecule has 7 nitrogen and oxygen atoms in total. The maximum absolute atomic E-state index is 13.7. The average molecular weight is 543 g/mol. The molecule has 7 heteroatoms. The molecule has 4 aromatic carbocycles. The number of amides is 1. The summed E-state index contributed by atoms with van der Waals surface area (Å²) in [4.78, 5) is 28.0. The van der Waals surface area contributed by atoms with Crippen LogP contribution in [0.5, 0.6) is 0 Å². The van der Waals surface area contributed by atoms with Gasteiger partial charge < -0.3 is 20.4 Å². The van der Waals surface area contributed by atoms with Gasteiger partial charge in [0.05, 0.1) is 22.5 Å². The molecule has 0 unspecified atom stereocenters. The third kappa shape index (κ3) is 5.62. The van der Waals surface area contributed by atoms with Crippen LogP contribution in [0.1, 0.15) is 21.5 Å².